The maximum Gasteiger partial charge on any atom is 0.342 e. The molecule has 4 aromatic rings. The molecule has 4 amide bonds. The molecule has 0 radical (unpaired) electrons. The van der Waals surface area contributed by atoms with Gasteiger partial charge in [-0.05, 0) is 79.1 Å². The second-order valence-corrected chi connectivity index (χ2v) is 11.9. The first-order valence-corrected chi connectivity index (χ1v) is 14.8. The molecule has 6 nitrogen and oxygen atoms in total. The second-order valence-electron chi connectivity index (χ2n) is 11.4. The minimum absolute atomic E-state index is 0.191. The van der Waals surface area contributed by atoms with Gasteiger partial charge in [-0.2, -0.15) is 0 Å². The Bertz CT molecular complexity index is 1600. The predicted molar refractivity (Wildman–Crippen MR) is 165 cm³/mol. The molecule has 0 unspecified atom stereocenters. The molecule has 0 saturated carbocycles. The van der Waals surface area contributed by atoms with E-state index in [1.54, 1.807) is 48.5 Å². The van der Waals surface area contributed by atoms with Gasteiger partial charge in [0.1, 0.15) is 0 Å². The lowest BCUT2D eigenvalue weighted by atomic mass is 9.63. The van der Waals surface area contributed by atoms with Crippen LogP contribution in [-0.2, 0) is 22.4 Å². The summed E-state index contributed by atoms with van der Waals surface area (Å²) in [4.78, 5) is 48.6. The number of halogens is 1. The zero-order chi connectivity index (χ0) is 28.8. The Kier molecular flexibility index (Phi) is 6.59. The van der Waals surface area contributed by atoms with Gasteiger partial charge < -0.3 is 4.90 Å². The molecule has 2 atom stereocenters. The number of para-hydroxylation sites is 2. The summed E-state index contributed by atoms with van der Waals surface area (Å²) in [6.07, 6.45) is 2.60. The van der Waals surface area contributed by atoms with E-state index < -0.39 is 29.3 Å². The molecule has 7 rings (SSSR count). The Morgan fingerprint density at radius 3 is 1.90 bits per heavy atom. The van der Waals surface area contributed by atoms with Crippen LogP contribution >= 0.6 is 11.6 Å². The normalized spacial score (nSPS) is 21.4. The molecule has 0 N–H and O–H groups in total. The predicted octanol–water partition coefficient (Wildman–Crippen LogP) is 6.91. The van der Waals surface area contributed by atoms with Gasteiger partial charge in [0.15, 0.2) is 5.41 Å². The molecule has 0 aliphatic carbocycles. The highest BCUT2D eigenvalue weighted by Crippen LogP contribution is 2.51. The summed E-state index contributed by atoms with van der Waals surface area (Å²) in [6, 6.07) is 32.8. The molecule has 3 aliphatic rings. The van der Waals surface area contributed by atoms with Gasteiger partial charge in [-0.3, -0.25) is 9.59 Å². The molecule has 0 bridgehead atoms. The minimum Gasteiger partial charge on any atom is -0.367 e. The third kappa shape index (κ3) is 4.21. The summed E-state index contributed by atoms with van der Waals surface area (Å²) in [5.74, 6) is -0.668. The number of anilines is 3. The van der Waals surface area contributed by atoms with E-state index in [1.807, 2.05) is 48.5 Å². The number of benzene rings is 4. The van der Waals surface area contributed by atoms with E-state index in [9.17, 15) is 14.4 Å². The van der Waals surface area contributed by atoms with E-state index in [0.717, 1.165) is 24.1 Å². The number of hydrogen-bond acceptors (Lipinski definition) is 4. The van der Waals surface area contributed by atoms with Crippen molar-refractivity contribution in [2.24, 2.45) is 11.3 Å². The lowest BCUT2D eigenvalue weighted by molar-refractivity contribution is -0.143. The summed E-state index contributed by atoms with van der Waals surface area (Å²) >= 11 is 6.48. The molecule has 2 fully saturated rings. The number of nitrogens with zero attached hydrogens (tertiary/aromatic N) is 3. The number of imide groups is 2. The third-order valence-electron chi connectivity index (χ3n) is 9.05. The maximum absolute atomic E-state index is 14.9. The smallest absolute Gasteiger partial charge is 0.342 e. The minimum atomic E-state index is -1.50. The Balaban J connectivity index is 1.40. The quantitative estimate of drug-likeness (QED) is 0.248. The highest BCUT2D eigenvalue weighted by molar-refractivity contribution is 6.39. The molecule has 1 spiro atoms. The molecule has 42 heavy (non-hydrogen) atoms. The van der Waals surface area contributed by atoms with E-state index >= 15 is 0 Å². The topological polar surface area (TPSA) is 60.9 Å². The number of carbonyl (C=O) groups is 3. The van der Waals surface area contributed by atoms with Gasteiger partial charge >= 0.3 is 6.03 Å². The van der Waals surface area contributed by atoms with Crippen LogP contribution in [-0.4, -0.2) is 30.4 Å². The summed E-state index contributed by atoms with van der Waals surface area (Å²) in [6.45, 7) is 0.683. The standard InChI is InChI=1S/C35H30ClN3O3/c36-27-17-16-26-23-35(31-21-25(18-19-37(31)30(26)22-27)20-24-10-4-1-5-11-24)32(40)38(28-12-6-2-7-13-28)34(42)39(33(35)41)29-14-8-3-9-15-29/h1-17,22,25,31H,18-21,23H2/t25-,31+/m0/s1. The first-order chi connectivity index (χ1) is 20.5. The van der Waals surface area contributed by atoms with Crippen LogP contribution < -0.4 is 14.7 Å². The van der Waals surface area contributed by atoms with Crippen LogP contribution in [0.5, 0.6) is 0 Å². The Labute approximate surface area is 250 Å². The molecule has 3 heterocycles. The largest absolute Gasteiger partial charge is 0.367 e. The van der Waals surface area contributed by atoms with Crippen LogP contribution in [0.25, 0.3) is 0 Å². The van der Waals surface area contributed by atoms with Crippen molar-refractivity contribution in [2.45, 2.75) is 31.7 Å². The number of urea groups is 1. The third-order valence-corrected chi connectivity index (χ3v) is 9.29. The summed E-state index contributed by atoms with van der Waals surface area (Å²) in [5, 5.41) is 0.614. The van der Waals surface area contributed by atoms with Gasteiger partial charge in [0.2, 0.25) is 0 Å². The first kappa shape index (κ1) is 26.5. The van der Waals surface area contributed by atoms with Gasteiger partial charge in [0.25, 0.3) is 11.8 Å². The van der Waals surface area contributed by atoms with Gasteiger partial charge in [0, 0.05) is 17.3 Å². The number of amides is 4. The van der Waals surface area contributed by atoms with E-state index in [4.69, 9.17) is 11.6 Å². The SMILES string of the molecule is O=C1N(c2ccccc2)C(=O)C2(Cc3ccc(Cl)cc3N3CC[C@@H](Cc4ccccc4)C[C@@H]32)C(=O)N1c1ccccc1. The fourth-order valence-electron chi connectivity index (χ4n) is 7.11. The molecule has 7 heteroatoms. The Morgan fingerprint density at radius 2 is 1.31 bits per heavy atom. The van der Waals surface area contributed by atoms with Crippen molar-refractivity contribution in [1.82, 2.24) is 0 Å². The van der Waals surface area contributed by atoms with Crippen LogP contribution in [0.15, 0.2) is 109 Å². The lowest BCUT2D eigenvalue weighted by Crippen LogP contribution is -2.74. The van der Waals surface area contributed by atoms with Crippen LogP contribution in [0.4, 0.5) is 21.9 Å². The fourth-order valence-corrected chi connectivity index (χ4v) is 7.28. The number of carbonyl (C=O) groups excluding carboxylic acids is 3. The zero-order valence-corrected chi connectivity index (χ0v) is 23.8. The number of barbiturate groups is 1. The Morgan fingerprint density at radius 1 is 0.738 bits per heavy atom. The van der Waals surface area contributed by atoms with Crippen molar-refractivity contribution in [3.63, 3.8) is 0 Å². The maximum atomic E-state index is 14.9. The van der Waals surface area contributed by atoms with Crippen molar-refractivity contribution >= 4 is 46.5 Å². The van der Waals surface area contributed by atoms with Gasteiger partial charge in [-0.15, -0.1) is 0 Å². The van der Waals surface area contributed by atoms with Crippen LogP contribution in [0.1, 0.15) is 24.0 Å². The van der Waals surface area contributed by atoms with Crippen molar-refractivity contribution in [2.75, 3.05) is 21.2 Å². The molecular formula is C35H30ClN3O3. The van der Waals surface area contributed by atoms with Gasteiger partial charge in [0.05, 0.1) is 17.4 Å². The van der Waals surface area contributed by atoms with Crippen molar-refractivity contribution in [3.8, 4) is 0 Å². The van der Waals surface area contributed by atoms with Crippen LogP contribution in [0.3, 0.4) is 0 Å². The molecule has 210 valence electrons. The average Bonchev–Trinajstić information content (AvgIpc) is 3.02. The van der Waals surface area contributed by atoms with E-state index in [0.29, 0.717) is 29.4 Å². The molecule has 3 aliphatic heterocycles. The second kappa shape index (κ2) is 10.4. The first-order valence-electron chi connectivity index (χ1n) is 14.4. The van der Waals surface area contributed by atoms with Gasteiger partial charge in [-0.25, -0.2) is 14.6 Å². The zero-order valence-electron chi connectivity index (χ0n) is 23.0. The highest BCUT2D eigenvalue weighted by atomic mass is 35.5. The van der Waals surface area contributed by atoms with Crippen LogP contribution in [0, 0.1) is 11.3 Å². The number of piperidine rings is 1. The van der Waals surface area contributed by atoms with E-state index in [2.05, 4.69) is 17.0 Å². The van der Waals surface area contributed by atoms with E-state index in [1.165, 1.54) is 15.4 Å². The van der Waals surface area contributed by atoms with Crippen LogP contribution in [0.2, 0.25) is 5.02 Å². The monoisotopic (exact) mass is 575 g/mol. The van der Waals surface area contributed by atoms with Crippen molar-refractivity contribution < 1.29 is 14.4 Å². The fraction of sp³-hybridized carbons (Fsp3) is 0.229. The van der Waals surface area contributed by atoms with E-state index in [-0.39, 0.29) is 12.3 Å². The molecule has 0 aromatic heterocycles. The van der Waals surface area contributed by atoms with Crippen molar-refractivity contribution in [1.29, 1.82) is 0 Å². The highest BCUT2D eigenvalue weighted by Gasteiger charge is 2.65. The van der Waals surface area contributed by atoms with Crippen molar-refractivity contribution in [3.05, 3.63) is 125 Å². The lowest BCUT2D eigenvalue weighted by Gasteiger charge is -2.56. The Hall–Kier alpha value is -4.42. The number of hydrogen-bond donors (Lipinski definition) is 0. The average molecular weight is 576 g/mol. The number of rotatable bonds is 4. The molecular weight excluding hydrogens is 546 g/mol. The number of fused-ring (bicyclic) bond motifs is 4. The summed E-state index contributed by atoms with van der Waals surface area (Å²) < 4.78 is 0. The summed E-state index contributed by atoms with van der Waals surface area (Å²) in [7, 11) is 0. The summed E-state index contributed by atoms with van der Waals surface area (Å²) in [5.41, 5.74) is 2.48. The molecule has 4 aromatic carbocycles. The molecule has 2 saturated heterocycles. The van der Waals surface area contributed by atoms with Gasteiger partial charge in [-0.1, -0.05) is 84.4 Å².